The number of carbonyl (C=O) groups is 3. The van der Waals surface area contributed by atoms with Gasteiger partial charge in [0.1, 0.15) is 18.7 Å². The predicted octanol–water partition coefficient (Wildman–Crippen LogP) is 8.23. The lowest BCUT2D eigenvalue weighted by Gasteiger charge is -2.36. The smallest absolute Gasteiger partial charge is 0.407 e. The van der Waals surface area contributed by atoms with Crippen LogP contribution in [0.5, 0.6) is 0 Å². The van der Waals surface area contributed by atoms with Gasteiger partial charge in [0.15, 0.2) is 0 Å². The van der Waals surface area contributed by atoms with E-state index in [4.69, 9.17) is 4.74 Å². The van der Waals surface area contributed by atoms with Gasteiger partial charge in [-0.25, -0.2) is 9.59 Å². The second-order valence-corrected chi connectivity index (χ2v) is 14.4. The number of aliphatic carboxylic acids is 1. The summed E-state index contributed by atoms with van der Waals surface area (Å²) < 4.78 is 4.98. The van der Waals surface area contributed by atoms with Gasteiger partial charge in [-0.15, -0.1) is 11.8 Å². The number of fused-ring (bicyclic) bond motifs is 3. The molecule has 0 saturated heterocycles. The number of rotatable bonds is 14. The summed E-state index contributed by atoms with van der Waals surface area (Å²) in [6.07, 6.45) is -0.424. The Hall–Kier alpha value is -5.34. The Morgan fingerprint density at radius 1 is 0.667 bits per heavy atom. The first-order chi connectivity index (χ1) is 24.8. The molecule has 8 heteroatoms. The topological polar surface area (TPSA) is 105 Å². The van der Waals surface area contributed by atoms with E-state index >= 15 is 0 Å². The Balaban J connectivity index is 1.19. The quantitative estimate of drug-likeness (QED) is 0.101. The number of alkyl carbamates (subject to hydrolysis) is 1. The molecule has 0 saturated carbocycles. The number of carbonyl (C=O) groups excluding carboxylic acids is 2. The van der Waals surface area contributed by atoms with Gasteiger partial charge < -0.3 is 20.5 Å². The van der Waals surface area contributed by atoms with Gasteiger partial charge in [-0.1, -0.05) is 153 Å². The highest BCUT2D eigenvalue weighted by Gasteiger charge is 2.39. The Morgan fingerprint density at radius 3 is 1.57 bits per heavy atom. The molecule has 5 aromatic rings. The van der Waals surface area contributed by atoms with Gasteiger partial charge in [-0.2, -0.15) is 0 Å². The summed E-state index contributed by atoms with van der Waals surface area (Å²) in [6.45, 7) is 3.99. The largest absolute Gasteiger partial charge is 0.480 e. The van der Waals surface area contributed by atoms with Crippen molar-refractivity contribution in [2.24, 2.45) is 5.92 Å². The van der Waals surface area contributed by atoms with E-state index in [1.165, 1.54) is 11.8 Å². The molecule has 0 unspecified atom stereocenters. The van der Waals surface area contributed by atoms with Crippen LogP contribution >= 0.6 is 11.8 Å². The van der Waals surface area contributed by atoms with Crippen LogP contribution in [0.1, 0.15) is 54.0 Å². The maximum Gasteiger partial charge on any atom is 0.407 e. The molecule has 2 atom stereocenters. The minimum Gasteiger partial charge on any atom is -0.480 e. The van der Waals surface area contributed by atoms with Crippen LogP contribution in [-0.2, 0) is 19.1 Å². The third-order valence-electron chi connectivity index (χ3n) is 9.28. The number of ether oxygens (including phenoxy) is 1. The van der Waals surface area contributed by atoms with E-state index in [9.17, 15) is 19.5 Å². The minimum atomic E-state index is -1.24. The van der Waals surface area contributed by atoms with Crippen LogP contribution < -0.4 is 10.6 Å². The number of hydrogen-bond donors (Lipinski definition) is 3. The van der Waals surface area contributed by atoms with E-state index in [1.807, 2.05) is 141 Å². The molecule has 0 heterocycles. The molecule has 0 spiro atoms. The highest BCUT2D eigenvalue weighted by molar-refractivity contribution is 8.00. The van der Waals surface area contributed by atoms with Crippen molar-refractivity contribution < 1.29 is 24.2 Å². The highest BCUT2D eigenvalue weighted by Crippen LogP contribution is 2.49. The number of carboxylic acids is 1. The van der Waals surface area contributed by atoms with Gasteiger partial charge in [0, 0.05) is 11.7 Å². The predicted molar refractivity (Wildman–Crippen MR) is 203 cm³/mol. The molecule has 1 aliphatic carbocycles. The first-order valence-electron chi connectivity index (χ1n) is 17.2. The van der Waals surface area contributed by atoms with E-state index in [1.54, 1.807) is 0 Å². The minimum absolute atomic E-state index is 0.0363. The summed E-state index contributed by atoms with van der Waals surface area (Å²) in [5.74, 6) is -1.78. The SMILES string of the molecule is CC(C)C[C@H](NC(=O)OCC1c2ccccc2-c2ccccc21)C(=O)N[C@@H](CSC(c1ccccc1)(c1ccccc1)c1ccccc1)C(=O)O. The molecule has 51 heavy (non-hydrogen) atoms. The molecule has 7 nitrogen and oxygen atoms in total. The summed E-state index contributed by atoms with van der Waals surface area (Å²) in [6, 6.07) is 43.9. The zero-order valence-electron chi connectivity index (χ0n) is 28.7. The Morgan fingerprint density at radius 2 is 1.12 bits per heavy atom. The van der Waals surface area contributed by atoms with Crippen LogP contribution in [0.4, 0.5) is 4.79 Å². The number of thioether (sulfide) groups is 1. The van der Waals surface area contributed by atoms with E-state index in [0.29, 0.717) is 6.42 Å². The van der Waals surface area contributed by atoms with Gasteiger partial charge in [-0.3, -0.25) is 4.79 Å². The summed E-state index contributed by atoms with van der Waals surface area (Å²) in [5.41, 5.74) is 7.36. The Kier molecular flexibility index (Phi) is 11.2. The number of amides is 2. The Labute approximate surface area is 303 Å². The van der Waals surface area contributed by atoms with Gasteiger partial charge in [0.05, 0.1) is 4.75 Å². The molecule has 0 bridgehead atoms. The molecular formula is C43H42N2O5S. The van der Waals surface area contributed by atoms with Gasteiger partial charge in [-0.05, 0) is 51.3 Å². The van der Waals surface area contributed by atoms with Crippen molar-refractivity contribution >= 4 is 29.7 Å². The van der Waals surface area contributed by atoms with Crippen molar-refractivity contribution in [3.05, 3.63) is 167 Å². The van der Waals surface area contributed by atoms with E-state index in [-0.39, 0.29) is 24.2 Å². The zero-order valence-corrected chi connectivity index (χ0v) is 29.5. The van der Waals surface area contributed by atoms with Crippen LogP contribution in [0.2, 0.25) is 0 Å². The highest BCUT2D eigenvalue weighted by atomic mass is 32.2. The summed E-state index contributed by atoms with van der Waals surface area (Å²) in [4.78, 5) is 39.8. The molecular weight excluding hydrogens is 657 g/mol. The number of carboxylic acid groups (broad SMARTS) is 1. The lowest BCUT2D eigenvalue weighted by atomic mass is 9.84. The maximum atomic E-state index is 13.8. The first kappa shape index (κ1) is 35.5. The third kappa shape index (κ3) is 7.86. The molecule has 0 aromatic heterocycles. The average Bonchev–Trinajstić information content (AvgIpc) is 3.48. The van der Waals surface area contributed by atoms with Crippen molar-refractivity contribution in [3.63, 3.8) is 0 Å². The van der Waals surface area contributed by atoms with Crippen LogP contribution in [0.15, 0.2) is 140 Å². The molecule has 260 valence electrons. The molecule has 1 aliphatic rings. The standard InChI is InChI=1S/C43H42N2O5S/c1-29(2)26-38(45-42(49)50-27-37-35-24-14-12-22-33(35)34-23-13-15-25-36(34)37)40(46)44-39(41(47)48)28-51-43(30-16-6-3-7-17-30,31-18-8-4-9-19-31)32-20-10-5-11-21-32/h3-25,29,37-39H,26-28H2,1-2H3,(H,44,46)(H,45,49)(H,47,48)/t38-,39-/m0/s1. The normalized spacial score (nSPS) is 13.5. The molecule has 0 radical (unpaired) electrons. The molecule has 0 aliphatic heterocycles. The third-order valence-corrected chi connectivity index (χ3v) is 10.9. The molecule has 0 fully saturated rings. The summed E-state index contributed by atoms with van der Waals surface area (Å²) in [7, 11) is 0. The monoisotopic (exact) mass is 698 g/mol. The second-order valence-electron chi connectivity index (χ2n) is 13.1. The molecule has 3 N–H and O–H groups in total. The fraction of sp³-hybridized carbons (Fsp3) is 0.233. The van der Waals surface area contributed by atoms with Crippen molar-refractivity contribution in [2.45, 2.75) is 43.0 Å². The summed E-state index contributed by atoms with van der Waals surface area (Å²) >= 11 is 1.45. The number of benzene rings is 5. The van der Waals surface area contributed by atoms with Crippen molar-refractivity contribution in [1.82, 2.24) is 10.6 Å². The molecule has 5 aromatic carbocycles. The van der Waals surface area contributed by atoms with E-state index in [2.05, 4.69) is 22.8 Å². The number of hydrogen-bond acceptors (Lipinski definition) is 5. The Bertz CT molecular complexity index is 1810. The summed E-state index contributed by atoms with van der Waals surface area (Å²) in [5, 5.41) is 15.9. The van der Waals surface area contributed by atoms with E-state index in [0.717, 1.165) is 38.9 Å². The lowest BCUT2D eigenvalue weighted by Crippen LogP contribution is -2.53. The van der Waals surface area contributed by atoms with E-state index < -0.39 is 34.8 Å². The zero-order chi connectivity index (χ0) is 35.8. The van der Waals surface area contributed by atoms with Crippen LogP contribution in [-0.4, -0.2) is 47.5 Å². The molecule has 2 amide bonds. The number of nitrogens with one attached hydrogen (secondary N) is 2. The van der Waals surface area contributed by atoms with Crippen molar-refractivity contribution in [3.8, 4) is 11.1 Å². The lowest BCUT2D eigenvalue weighted by molar-refractivity contribution is -0.141. The van der Waals surface area contributed by atoms with Crippen LogP contribution in [0.25, 0.3) is 11.1 Å². The maximum absolute atomic E-state index is 13.8. The van der Waals surface area contributed by atoms with Crippen LogP contribution in [0, 0.1) is 5.92 Å². The fourth-order valence-corrected chi connectivity index (χ4v) is 8.46. The van der Waals surface area contributed by atoms with Gasteiger partial charge >= 0.3 is 12.1 Å². The molecule has 6 rings (SSSR count). The van der Waals surface area contributed by atoms with Crippen LogP contribution in [0.3, 0.4) is 0 Å². The second kappa shape index (κ2) is 16.1. The van der Waals surface area contributed by atoms with Gasteiger partial charge in [0.25, 0.3) is 0 Å². The van der Waals surface area contributed by atoms with Gasteiger partial charge in [0.2, 0.25) is 5.91 Å². The van der Waals surface area contributed by atoms with Crippen molar-refractivity contribution in [2.75, 3.05) is 12.4 Å². The average molecular weight is 699 g/mol. The first-order valence-corrected chi connectivity index (χ1v) is 18.2. The fourth-order valence-electron chi connectivity index (χ4n) is 6.91. The van der Waals surface area contributed by atoms with Crippen molar-refractivity contribution in [1.29, 1.82) is 0 Å².